The van der Waals surface area contributed by atoms with Crippen molar-refractivity contribution in [2.24, 2.45) is 5.10 Å². The van der Waals surface area contributed by atoms with Gasteiger partial charge in [-0.1, -0.05) is 34.8 Å². The van der Waals surface area contributed by atoms with Gasteiger partial charge < -0.3 is 5.32 Å². The lowest BCUT2D eigenvalue weighted by Gasteiger charge is -2.25. The Morgan fingerprint density at radius 2 is 1.81 bits per heavy atom. The number of hydrogen-bond donors (Lipinski definition) is 1. The standard InChI is InChI=1S/C9H6Cl3N3S/c10-5-1-6(11)3-7(2-5)15-9(16)13-4-8(12)14-15/h1-3H,4H2,(H,13,16). The van der Waals surface area contributed by atoms with Crippen LogP contribution in [0.3, 0.4) is 0 Å². The van der Waals surface area contributed by atoms with Gasteiger partial charge in [0.1, 0.15) is 5.17 Å². The summed E-state index contributed by atoms with van der Waals surface area (Å²) < 4.78 is 0. The second-order valence-corrected chi connectivity index (χ2v) is 4.77. The van der Waals surface area contributed by atoms with Crippen molar-refractivity contribution in [3.05, 3.63) is 28.2 Å². The summed E-state index contributed by atoms with van der Waals surface area (Å²) in [5, 5.41) is 10.4. The Morgan fingerprint density at radius 3 is 2.44 bits per heavy atom. The number of nitrogens with zero attached hydrogens (tertiary/aromatic N) is 2. The zero-order chi connectivity index (χ0) is 11.7. The summed E-state index contributed by atoms with van der Waals surface area (Å²) in [5.74, 6) is 0. The molecule has 0 aliphatic carbocycles. The van der Waals surface area contributed by atoms with Crippen LogP contribution in [-0.2, 0) is 0 Å². The molecule has 0 saturated heterocycles. The van der Waals surface area contributed by atoms with Gasteiger partial charge in [0, 0.05) is 10.0 Å². The van der Waals surface area contributed by atoms with Crippen LogP contribution in [0.1, 0.15) is 0 Å². The first-order chi connectivity index (χ1) is 7.56. The Hall–Kier alpha value is -0.550. The maximum Gasteiger partial charge on any atom is 0.194 e. The van der Waals surface area contributed by atoms with Gasteiger partial charge in [0.15, 0.2) is 5.11 Å². The molecular weight excluding hydrogens is 289 g/mol. The van der Waals surface area contributed by atoms with Crippen LogP contribution in [0.25, 0.3) is 0 Å². The first-order valence-corrected chi connectivity index (χ1v) is 5.87. The van der Waals surface area contributed by atoms with Crippen molar-refractivity contribution in [2.75, 3.05) is 11.6 Å². The zero-order valence-electron chi connectivity index (χ0n) is 7.88. The number of benzene rings is 1. The van der Waals surface area contributed by atoms with Crippen LogP contribution >= 0.6 is 47.0 Å². The first-order valence-electron chi connectivity index (χ1n) is 4.33. The average Bonchev–Trinajstić information content (AvgIpc) is 2.20. The van der Waals surface area contributed by atoms with E-state index < -0.39 is 0 Å². The number of halogens is 3. The summed E-state index contributed by atoms with van der Waals surface area (Å²) in [6.07, 6.45) is 0. The summed E-state index contributed by atoms with van der Waals surface area (Å²) >= 11 is 22.7. The molecule has 1 aliphatic rings. The van der Waals surface area contributed by atoms with Crippen LogP contribution in [0.2, 0.25) is 10.0 Å². The number of nitrogens with one attached hydrogen (secondary N) is 1. The van der Waals surface area contributed by atoms with Crippen molar-refractivity contribution in [2.45, 2.75) is 0 Å². The Kier molecular flexibility index (Phi) is 3.54. The summed E-state index contributed by atoms with van der Waals surface area (Å²) in [4.78, 5) is 0. The highest BCUT2D eigenvalue weighted by Crippen LogP contribution is 2.26. The summed E-state index contributed by atoms with van der Waals surface area (Å²) in [6.45, 7) is 0.436. The van der Waals surface area contributed by atoms with E-state index in [0.717, 1.165) is 0 Å². The molecule has 2 rings (SSSR count). The van der Waals surface area contributed by atoms with Crippen LogP contribution in [0.4, 0.5) is 5.69 Å². The summed E-state index contributed by atoms with van der Waals surface area (Å²) in [5.41, 5.74) is 0.674. The van der Waals surface area contributed by atoms with Gasteiger partial charge in [-0.3, -0.25) is 0 Å². The highest BCUT2D eigenvalue weighted by molar-refractivity contribution is 7.80. The van der Waals surface area contributed by atoms with Crippen molar-refractivity contribution in [1.82, 2.24) is 5.32 Å². The molecule has 1 aromatic rings. The third kappa shape index (κ3) is 2.58. The maximum atomic E-state index is 5.90. The minimum Gasteiger partial charge on any atom is -0.354 e. The van der Waals surface area contributed by atoms with Crippen LogP contribution in [0.5, 0.6) is 0 Å². The number of hydrogen-bond acceptors (Lipinski definition) is 2. The quantitative estimate of drug-likeness (QED) is 0.806. The second-order valence-electron chi connectivity index (χ2n) is 3.07. The molecular formula is C9H6Cl3N3S. The van der Waals surface area contributed by atoms with Gasteiger partial charge in [-0.2, -0.15) is 5.10 Å². The Bertz CT molecular complexity index is 455. The molecule has 84 valence electrons. The average molecular weight is 295 g/mol. The van der Waals surface area contributed by atoms with E-state index in [4.69, 9.17) is 47.0 Å². The van der Waals surface area contributed by atoms with Crippen molar-refractivity contribution >= 4 is 63.0 Å². The zero-order valence-corrected chi connectivity index (χ0v) is 11.0. The third-order valence-corrected chi connectivity index (χ3v) is 2.84. The highest BCUT2D eigenvalue weighted by Gasteiger charge is 2.17. The number of thiocarbonyl (C=S) groups is 1. The minimum atomic E-state index is 0.421. The predicted octanol–water partition coefficient (Wildman–Crippen LogP) is 3.24. The maximum absolute atomic E-state index is 5.90. The molecule has 0 radical (unpaired) electrons. The third-order valence-electron chi connectivity index (χ3n) is 1.88. The molecule has 0 amide bonds. The van der Waals surface area contributed by atoms with E-state index in [9.17, 15) is 0 Å². The fourth-order valence-electron chi connectivity index (χ4n) is 1.25. The summed E-state index contributed by atoms with van der Waals surface area (Å²) in [6, 6.07) is 5.05. The SMILES string of the molecule is S=C1NCC(Cl)=NN1c1cc(Cl)cc(Cl)c1. The van der Waals surface area contributed by atoms with Crippen LogP contribution in [0.15, 0.2) is 23.3 Å². The van der Waals surface area contributed by atoms with Crippen LogP contribution in [-0.4, -0.2) is 16.8 Å². The van der Waals surface area contributed by atoms with Crippen molar-refractivity contribution < 1.29 is 0 Å². The molecule has 0 unspecified atom stereocenters. The lowest BCUT2D eigenvalue weighted by molar-refractivity contribution is 0.970. The molecule has 0 spiro atoms. The smallest absolute Gasteiger partial charge is 0.194 e. The monoisotopic (exact) mass is 293 g/mol. The predicted molar refractivity (Wildman–Crippen MR) is 72.8 cm³/mol. The molecule has 3 nitrogen and oxygen atoms in total. The minimum absolute atomic E-state index is 0.421. The molecule has 1 aliphatic heterocycles. The van der Waals surface area contributed by atoms with E-state index in [1.807, 2.05) is 0 Å². The fraction of sp³-hybridized carbons (Fsp3) is 0.111. The molecule has 0 saturated carbocycles. The normalized spacial score (nSPS) is 15.8. The van der Waals surface area contributed by atoms with Crippen molar-refractivity contribution in [3.8, 4) is 0 Å². The number of hydrazone groups is 1. The lowest BCUT2D eigenvalue weighted by atomic mass is 10.3. The largest absolute Gasteiger partial charge is 0.354 e. The van der Waals surface area contributed by atoms with Gasteiger partial charge in [-0.15, -0.1) is 0 Å². The molecule has 1 heterocycles. The van der Waals surface area contributed by atoms with E-state index in [2.05, 4.69) is 10.4 Å². The fourth-order valence-corrected chi connectivity index (χ4v) is 2.12. The van der Waals surface area contributed by atoms with Gasteiger partial charge in [-0.25, -0.2) is 5.01 Å². The lowest BCUT2D eigenvalue weighted by Crippen LogP contribution is -2.43. The molecule has 16 heavy (non-hydrogen) atoms. The summed E-state index contributed by atoms with van der Waals surface area (Å²) in [7, 11) is 0. The molecule has 1 aromatic carbocycles. The first kappa shape index (κ1) is 11.9. The Balaban J connectivity index is 2.42. The van der Waals surface area contributed by atoms with Crippen molar-refractivity contribution in [3.63, 3.8) is 0 Å². The van der Waals surface area contributed by atoms with Crippen LogP contribution < -0.4 is 10.3 Å². The van der Waals surface area contributed by atoms with E-state index in [0.29, 0.717) is 32.6 Å². The van der Waals surface area contributed by atoms with Gasteiger partial charge in [0.25, 0.3) is 0 Å². The highest BCUT2D eigenvalue weighted by atomic mass is 35.5. The van der Waals surface area contributed by atoms with E-state index in [1.54, 1.807) is 18.2 Å². The molecule has 0 fully saturated rings. The Labute approximate surface area is 113 Å². The van der Waals surface area contributed by atoms with Gasteiger partial charge in [0.05, 0.1) is 12.2 Å². The molecule has 0 bridgehead atoms. The molecule has 7 heteroatoms. The molecule has 0 atom stereocenters. The molecule has 1 N–H and O–H groups in total. The Morgan fingerprint density at radius 1 is 1.19 bits per heavy atom. The van der Waals surface area contributed by atoms with Crippen LogP contribution in [0, 0.1) is 0 Å². The number of anilines is 1. The van der Waals surface area contributed by atoms with Crippen molar-refractivity contribution in [1.29, 1.82) is 0 Å². The van der Waals surface area contributed by atoms with E-state index in [-0.39, 0.29) is 0 Å². The van der Waals surface area contributed by atoms with Gasteiger partial charge in [-0.05, 0) is 30.4 Å². The van der Waals surface area contributed by atoms with Gasteiger partial charge in [0.2, 0.25) is 0 Å². The van der Waals surface area contributed by atoms with E-state index in [1.165, 1.54) is 5.01 Å². The number of rotatable bonds is 1. The van der Waals surface area contributed by atoms with Gasteiger partial charge >= 0.3 is 0 Å². The molecule has 0 aromatic heterocycles. The topological polar surface area (TPSA) is 27.6 Å². The van der Waals surface area contributed by atoms with E-state index >= 15 is 0 Å². The second kappa shape index (κ2) is 4.75.